The zero-order valence-electron chi connectivity index (χ0n) is 11.1. The summed E-state index contributed by atoms with van der Waals surface area (Å²) in [5, 5.41) is 9.63. The Balaban J connectivity index is 1.85. The summed E-state index contributed by atoms with van der Waals surface area (Å²) in [5.74, 6) is 0.900. The van der Waals surface area contributed by atoms with E-state index in [1.807, 2.05) is 6.07 Å². The van der Waals surface area contributed by atoms with Crippen LogP contribution >= 0.6 is 11.3 Å². The van der Waals surface area contributed by atoms with Crippen LogP contribution in [0.4, 0.5) is 0 Å². The molecule has 0 radical (unpaired) electrons. The van der Waals surface area contributed by atoms with Gasteiger partial charge >= 0.3 is 0 Å². The van der Waals surface area contributed by atoms with Crippen molar-refractivity contribution in [3.8, 4) is 11.8 Å². The minimum atomic E-state index is 0.440. The Morgan fingerprint density at radius 3 is 2.89 bits per heavy atom. The molecule has 0 spiro atoms. The highest BCUT2D eigenvalue weighted by Gasteiger charge is 2.03. The molecule has 3 nitrogen and oxygen atoms in total. The third kappa shape index (κ3) is 3.80. The predicted molar refractivity (Wildman–Crippen MR) is 76.5 cm³/mol. The van der Waals surface area contributed by atoms with Gasteiger partial charge in [-0.1, -0.05) is 6.07 Å². The van der Waals surface area contributed by atoms with E-state index in [1.54, 1.807) is 17.5 Å². The first-order chi connectivity index (χ1) is 9.19. The molecule has 4 heteroatoms. The van der Waals surface area contributed by atoms with Gasteiger partial charge in [0.25, 0.3) is 0 Å². The summed E-state index contributed by atoms with van der Waals surface area (Å²) >= 11 is 1.58. The number of aromatic nitrogens is 1. The summed E-state index contributed by atoms with van der Waals surface area (Å²) in [6, 6.07) is 8.24. The number of hydrogen-bond acceptors (Lipinski definition) is 4. The summed E-state index contributed by atoms with van der Waals surface area (Å²) in [4.78, 5) is 5.30. The lowest BCUT2D eigenvalue weighted by atomic mass is 10.1. The van der Waals surface area contributed by atoms with Crippen LogP contribution in [-0.4, -0.2) is 11.6 Å². The fraction of sp³-hybridized carbons (Fsp3) is 0.333. The Morgan fingerprint density at radius 2 is 2.16 bits per heavy atom. The van der Waals surface area contributed by atoms with E-state index in [0.717, 1.165) is 22.1 Å². The van der Waals surface area contributed by atoms with Crippen molar-refractivity contribution < 1.29 is 4.74 Å². The van der Waals surface area contributed by atoms with Crippen molar-refractivity contribution in [3.63, 3.8) is 0 Å². The van der Waals surface area contributed by atoms with E-state index in [-0.39, 0.29) is 0 Å². The maximum Gasteiger partial charge on any atom is 0.119 e. The van der Waals surface area contributed by atoms with E-state index in [1.165, 1.54) is 11.1 Å². The molecular formula is C15H16N2OS. The Hall–Kier alpha value is -1.86. The molecule has 0 aliphatic carbocycles. The SMILES string of the molecule is Cc1ccc(OCCc2ncc(CC#N)s2)cc1C. The minimum Gasteiger partial charge on any atom is -0.493 e. The number of aryl methyl sites for hydroxylation is 2. The van der Waals surface area contributed by atoms with Crippen LogP contribution in [0.5, 0.6) is 5.75 Å². The second kappa shape index (κ2) is 6.35. The molecule has 0 bridgehead atoms. The number of ether oxygens (including phenoxy) is 1. The molecule has 0 saturated heterocycles. The Morgan fingerprint density at radius 1 is 1.32 bits per heavy atom. The van der Waals surface area contributed by atoms with E-state index in [0.29, 0.717) is 13.0 Å². The van der Waals surface area contributed by atoms with Gasteiger partial charge in [-0.15, -0.1) is 11.3 Å². The minimum absolute atomic E-state index is 0.440. The zero-order chi connectivity index (χ0) is 13.7. The van der Waals surface area contributed by atoms with Crippen molar-refractivity contribution in [2.24, 2.45) is 0 Å². The predicted octanol–water partition coefficient (Wildman–Crippen LogP) is 3.45. The lowest BCUT2D eigenvalue weighted by Crippen LogP contribution is -2.01. The normalized spacial score (nSPS) is 10.2. The van der Waals surface area contributed by atoms with Gasteiger partial charge in [0.15, 0.2) is 0 Å². The molecule has 1 aromatic heterocycles. The van der Waals surface area contributed by atoms with Crippen LogP contribution in [0.1, 0.15) is 21.0 Å². The Kier molecular flexibility index (Phi) is 4.53. The summed E-state index contributed by atoms with van der Waals surface area (Å²) < 4.78 is 5.72. The van der Waals surface area contributed by atoms with Crippen LogP contribution in [0.3, 0.4) is 0 Å². The number of thiazole rings is 1. The van der Waals surface area contributed by atoms with E-state index < -0.39 is 0 Å². The van der Waals surface area contributed by atoms with Crippen molar-refractivity contribution >= 4 is 11.3 Å². The number of hydrogen-bond donors (Lipinski definition) is 0. The molecule has 98 valence electrons. The van der Waals surface area contributed by atoms with Crippen LogP contribution in [0, 0.1) is 25.2 Å². The molecule has 1 aromatic carbocycles. The van der Waals surface area contributed by atoms with E-state index in [2.05, 4.69) is 37.0 Å². The first-order valence-corrected chi connectivity index (χ1v) is 7.01. The van der Waals surface area contributed by atoms with Gasteiger partial charge in [0.1, 0.15) is 5.75 Å². The first-order valence-electron chi connectivity index (χ1n) is 6.19. The maximum absolute atomic E-state index is 8.61. The van der Waals surface area contributed by atoms with Crippen molar-refractivity contribution in [2.75, 3.05) is 6.61 Å². The van der Waals surface area contributed by atoms with E-state index in [4.69, 9.17) is 10.00 Å². The fourth-order valence-corrected chi connectivity index (χ4v) is 2.52. The second-order valence-corrected chi connectivity index (χ2v) is 5.60. The number of benzene rings is 1. The molecule has 0 aliphatic rings. The Labute approximate surface area is 117 Å². The highest BCUT2D eigenvalue weighted by Crippen LogP contribution is 2.18. The van der Waals surface area contributed by atoms with Gasteiger partial charge in [0.05, 0.1) is 24.1 Å². The molecular weight excluding hydrogens is 256 g/mol. The van der Waals surface area contributed by atoms with Crippen molar-refractivity contribution in [2.45, 2.75) is 26.7 Å². The highest BCUT2D eigenvalue weighted by molar-refractivity contribution is 7.11. The van der Waals surface area contributed by atoms with Crippen LogP contribution in [-0.2, 0) is 12.8 Å². The van der Waals surface area contributed by atoms with E-state index in [9.17, 15) is 0 Å². The molecule has 2 rings (SSSR count). The van der Waals surface area contributed by atoms with E-state index >= 15 is 0 Å². The van der Waals surface area contributed by atoms with Gasteiger partial charge in [0.2, 0.25) is 0 Å². The molecule has 0 amide bonds. The summed E-state index contributed by atoms with van der Waals surface area (Å²) in [6.07, 6.45) is 3.00. The third-order valence-corrected chi connectivity index (χ3v) is 3.97. The van der Waals surface area contributed by atoms with Crippen LogP contribution in [0.2, 0.25) is 0 Å². The average Bonchev–Trinajstić information content (AvgIpc) is 2.82. The lowest BCUT2D eigenvalue weighted by Gasteiger charge is -2.07. The molecule has 0 aliphatic heterocycles. The quantitative estimate of drug-likeness (QED) is 0.837. The molecule has 0 N–H and O–H groups in total. The molecule has 2 aromatic rings. The van der Waals surface area contributed by atoms with Gasteiger partial charge in [-0.05, 0) is 37.1 Å². The summed E-state index contributed by atoms with van der Waals surface area (Å²) in [7, 11) is 0. The second-order valence-electron chi connectivity index (χ2n) is 4.40. The molecule has 0 saturated carbocycles. The maximum atomic E-state index is 8.61. The highest BCUT2D eigenvalue weighted by atomic mass is 32.1. The monoisotopic (exact) mass is 272 g/mol. The first kappa shape index (κ1) is 13.6. The summed E-state index contributed by atoms with van der Waals surface area (Å²) in [6.45, 7) is 4.78. The van der Waals surface area contributed by atoms with Crippen LogP contribution in [0.25, 0.3) is 0 Å². The molecule has 19 heavy (non-hydrogen) atoms. The van der Waals surface area contributed by atoms with Crippen molar-refractivity contribution in [1.29, 1.82) is 5.26 Å². The van der Waals surface area contributed by atoms with Crippen molar-refractivity contribution in [1.82, 2.24) is 4.98 Å². The van der Waals surface area contributed by atoms with Crippen LogP contribution in [0.15, 0.2) is 24.4 Å². The van der Waals surface area contributed by atoms with Crippen molar-refractivity contribution in [3.05, 3.63) is 45.4 Å². The standard InChI is InChI=1S/C15H16N2OS/c1-11-3-4-13(9-12(11)2)18-8-6-15-17-10-14(19-15)5-7-16/h3-4,9-10H,5-6,8H2,1-2H3. The lowest BCUT2D eigenvalue weighted by molar-refractivity contribution is 0.321. The van der Waals surface area contributed by atoms with Gasteiger partial charge in [-0.3, -0.25) is 0 Å². The van der Waals surface area contributed by atoms with Gasteiger partial charge in [-0.25, -0.2) is 4.98 Å². The fourth-order valence-electron chi connectivity index (χ4n) is 1.68. The van der Waals surface area contributed by atoms with Gasteiger partial charge in [0, 0.05) is 17.5 Å². The van der Waals surface area contributed by atoms with Gasteiger partial charge < -0.3 is 4.74 Å². The molecule has 0 atom stereocenters. The molecule has 1 heterocycles. The third-order valence-electron chi connectivity index (χ3n) is 2.92. The largest absolute Gasteiger partial charge is 0.493 e. The number of nitrogens with zero attached hydrogens (tertiary/aromatic N) is 2. The number of nitriles is 1. The average molecular weight is 272 g/mol. The zero-order valence-corrected chi connectivity index (χ0v) is 12.0. The number of rotatable bonds is 5. The summed E-state index contributed by atoms with van der Waals surface area (Å²) in [5.41, 5.74) is 2.51. The van der Waals surface area contributed by atoms with Crippen LogP contribution < -0.4 is 4.74 Å². The van der Waals surface area contributed by atoms with Gasteiger partial charge in [-0.2, -0.15) is 5.26 Å². The molecule has 0 unspecified atom stereocenters. The topological polar surface area (TPSA) is 45.9 Å². The smallest absolute Gasteiger partial charge is 0.119 e. The Bertz CT molecular complexity index is 598. The molecule has 0 fully saturated rings.